The van der Waals surface area contributed by atoms with Crippen molar-refractivity contribution >= 4 is 50.3 Å². The molecule has 98 valence electrons. The number of hydrogen-bond donors (Lipinski definition) is 2. The first-order valence-electron chi connectivity index (χ1n) is 5.54. The third-order valence-electron chi connectivity index (χ3n) is 2.15. The van der Waals surface area contributed by atoms with Gasteiger partial charge in [-0.3, -0.25) is 9.59 Å². The molecule has 0 saturated carbocycles. The number of nitrogens with one attached hydrogen (secondary N) is 2. The van der Waals surface area contributed by atoms with Crippen molar-refractivity contribution in [1.82, 2.24) is 10.6 Å². The number of halogens is 2. The summed E-state index contributed by atoms with van der Waals surface area (Å²) in [4.78, 5) is 23.2. The molecule has 0 saturated heterocycles. The zero-order chi connectivity index (χ0) is 13.5. The van der Waals surface area contributed by atoms with Crippen LogP contribution in [0.5, 0.6) is 0 Å². The van der Waals surface area contributed by atoms with E-state index < -0.39 is 0 Å². The van der Waals surface area contributed by atoms with Crippen LogP contribution in [0.25, 0.3) is 0 Å². The predicted molar refractivity (Wildman–Crippen MR) is 82.5 cm³/mol. The third kappa shape index (κ3) is 4.93. The van der Waals surface area contributed by atoms with E-state index in [4.69, 9.17) is 0 Å². The van der Waals surface area contributed by atoms with Crippen LogP contribution in [0.15, 0.2) is 22.7 Å². The van der Waals surface area contributed by atoms with Crippen LogP contribution in [0, 0.1) is 3.57 Å². The fraction of sp³-hybridized carbons (Fsp3) is 0.333. The highest BCUT2D eigenvalue weighted by atomic mass is 127. The van der Waals surface area contributed by atoms with Crippen molar-refractivity contribution in [2.24, 2.45) is 0 Å². The number of carbonyl (C=O) groups is 2. The standard InChI is InChI=1S/C12H14BrIN2O2/c1-2-5-15-11(17)7-16-12(18)9-6-8(14)3-4-10(9)13/h3-4,6H,2,5,7H2,1H3,(H,15,17)(H,16,18). The summed E-state index contributed by atoms with van der Waals surface area (Å²) >= 11 is 5.45. The summed E-state index contributed by atoms with van der Waals surface area (Å²) in [7, 11) is 0. The second-order valence-corrected chi connectivity index (χ2v) is 5.76. The number of rotatable bonds is 5. The third-order valence-corrected chi connectivity index (χ3v) is 3.52. The summed E-state index contributed by atoms with van der Waals surface area (Å²) < 4.78 is 1.69. The van der Waals surface area contributed by atoms with E-state index in [0.29, 0.717) is 12.1 Å². The van der Waals surface area contributed by atoms with Crippen LogP contribution in [-0.4, -0.2) is 24.9 Å². The van der Waals surface area contributed by atoms with Crippen LogP contribution in [0.3, 0.4) is 0 Å². The fourth-order valence-electron chi connectivity index (χ4n) is 1.25. The molecule has 0 aliphatic rings. The molecule has 1 aromatic rings. The zero-order valence-electron chi connectivity index (χ0n) is 9.93. The number of carbonyl (C=O) groups excluding carboxylic acids is 2. The lowest BCUT2D eigenvalue weighted by atomic mass is 10.2. The van der Waals surface area contributed by atoms with Crippen molar-refractivity contribution in [3.05, 3.63) is 31.8 Å². The summed E-state index contributed by atoms with van der Waals surface area (Å²) in [5.41, 5.74) is 0.533. The molecule has 6 heteroatoms. The second kappa shape index (κ2) is 7.73. The fourth-order valence-corrected chi connectivity index (χ4v) is 2.17. The molecule has 0 aliphatic heterocycles. The average molecular weight is 425 g/mol. The molecule has 0 spiro atoms. The van der Waals surface area contributed by atoms with Crippen LogP contribution in [0.4, 0.5) is 0 Å². The zero-order valence-corrected chi connectivity index (χ0v) is 13.7. The van der Waals surface area contributed by atoms with Crippen molar-refractivity contribution in [3.8, 4) is 0 Å². The minimum absolute atomic E-state index is 0.00323. The van der Waals surface area contributed by atoms with E-state index in [9.17, 15) is 9.59 Å². The normalized spacial score (nSPS) is 9.94. The van der Waals surface area contributed by atoms with Crippen LogP contribution in [0.2, 0.25) is 0 Å². The SMILES string of the molecule is CCCNC(=O)CNC(=O)c1cc(I)ccc1Br. The Morgan fingerprint density at radius 1 is 1.33 bits per heavy atom. The van der Waals surface area contributed by atoms with E-state index in [-0.39, 0.29) is 18.4 Å². The molecule has 0 fully saturated rings. The van der Waals surface area contributed by atoms with Gasteiger partial charge in [0.05, 0.1) is 12.1 Å². The monoisotopic (exact) mass is 424 g/mol. The van der Waals surface area contributed by atoms with Crippen molar-refractivity contribution in [2.45, 2.75) is 13.3 Å². The molecule has 0 unspecified atom stereocenters. The lowest BCUT2D eigenvalue weighted by molar-refractivity contribution is -0.120. The molecule has 1 aromatic carbocycles. The van der Waals surface area contributed by atoms with Gasteiger partial charge in [-0.2, -0.15) is 0 Å². The Labute approximate surface area is 128 Å². The molecule has 0 atom stereocenters. The summed E-state index contributed by atoms with van der Waals surface area (Å²) in [5, 5.41) is 5.29. The van der Waals surface area contributed by atoms with Gasteiger partial charge < -0.3 is 10.6 Å². The second-order valence-electron chi connectivity index (χ2n) is 3.66. The van der Waals surface area contributed by atoms with Gasteiger partial charge in [0.1, 0.15) is 0 Å². The maximum absolute atomic E-state index is 11.9. The van der Waals surface area contributed by atoms with E-state index in [1.165, 1.54) is 0 Å². The van der Waals surface area contributed by atoms with Gasteiger partial charge in [-0.1, -0.05) is 6.92 Å². The summed E-state index contributed by atoms with van der Waals surface area (Å²) in [6, 6.07) is 5.48. The van der Waals surface area contributed by atoms with E-state index >= 15 is 0 Å². The Bertz CT molecular complexity index is 452. The maximum Gasteiger partial charge on any atom is 0.252 e. The molecule has 0 aliphatic carbocycles. The smallest absolute Gasteiger partial charge is 0.252 e. The summed E-state index contributed by atoms with van der Waals surface area (Å²) in [5.74, 6) is -0.431. The molecule has 4 nitrogen and oxygen atoms in total. The van der Waals surface area contributed by atoms with Gasteiger partial charge >= 0.3 is 0 Å². The first kappa shape index (κ1) is 15.4. The Hall–Kier alpha value is -0.630. The van der Waals surface area contributed by atoms with E-state index in [0.717, 1.165) is 14.5 Å². The first-order valence-corrected chi connectivity index (χ1v) is 7.41. The minimum atomic E-state index is -0.257. The molecule has 0 radical (unpaired) electrons. The average Bonchev–Trinajstić information content (AvgIpc) is 2.36. The van der Waals surface area contributed by atoms with Crippen LogP contribution >= 0.6 is 38.5 Å². The van der Waals surface area contributed by atoms with Gasteiger partial charge in [0.2, 0.25) is 5.91 Å². The van der Waals surface area contributed by atoms with Crippen LogP contribution in [-0.2, 0) is 4.79 Å². The van der Waals surface area contributed by atoms with Crippen LogP contribution in [0.1, 0.15) is 23.7 Å². The van der Waals surface area contributed by atoms with Crippen molar-refractivity contribution in [3.63, 3.8) is 0 Å². The largest absolute Gasteiger partial charge is 0.355 e. The molecule has 18 heavy (non-hydrogen) atoms. The van der Waals surface area contributed by atoms with Gasteiger partial charge in [0.15, 0.2) is 0 Å². The van der Waals surface area contributed by atoms with Crippen molar-refractivity contribution in [1.29, 1.82) is 0 Å². The van der Waals surface area contributed by atoms with Crippen LogP contribution < -0.4 is 10.6 Å². The highest BCUT2D eigenvalue weighted by Crippen LogP contribution is 2.19. The van der Waals surface area contributed by atoms with Gasteiger partial charge in [-0.15, -0.1) is 0 Å². The number of amides is 2. The van der Waals surface area contributed by atoms with Gasteiger partial charge in [0, 0.05) is 14.6 Å². The number of hydrogen-bond acceptors (Lipinski definition) is 2. The van der Waals surface area contributed by atoms with Gasteiger partial charge in [0.25, 0.3) is 5.91 Å². The quantitative estimate of drug-likeness (QED) is 0.712. The molecular weight excluding hydrogens is 411 g/mol. The lowest BCUT2D eigenvalue weighted by Gasteiger charge is -2.07. The minimum Gasteiger partial charge on any atom is -0.355 e. The highest BCUT2D eigenvalue weighted by molar-refractivity contribution is 14.1. The maximum atomic E-state index is 11.9. The Morgan fingerprint density at radius 3 is 2.72 bits per heavy atom. The highest BCUT2D eigenvalue weighted by Gasteiger charge is 2.11. The summed E-state index contributed by atoms with van der Waals surface area (Å²) in [6.45, 7) is 2.60. The lowest BCUT2D eigenvalue weighted by Crippen LogP contribution is -2.37. The Balaban J connectivity index is 2.55. The Morgan fingerprint density at radius 2 is 2.06 bits per heavy atom. The van der Waals surface area contributed by atoms with E-state index in [2.05, 4.69) is 49.2 Å². The van der Waals surface area contributed by atoms with Gasteiger partial charge in [-0.25, -0.2) is 0 Å². The van der Waals surface area contributed by atoms with E-state index in [1.54, 1.807) is 6.07 Å². The molecule has 2 amide bonds. The molecule has 0 aromatic heterocycles. The number of benzene rings is 1. The molecule has 0 heterocycles. The predicted octanol–water partition coefficient (Wildman–Crippen LogP) is 2.31. The van der Waals surface area contributed by atoms with Crippen molar-refractivity contribution in [2.75, 3.05) is 13.1 Å². The topological polar surface area (TPSA) is 58.2 Å². The van der Waals surface area contributed by atoms with Crippen molar-refractivity contribution < 1.29 is 9.59 Å². The summed E-state index contributed by atoms with van der Waals surface area (Å²) in [6.07, 6.45) is 0.877. The molecule has 2 N–H and O–H groups in total. The van der Waals surface area contributed by atoms with E-state index in [1.807, 2.05) is 19.1 Å². The first-order chi connectivity index (χ1) is 8.54. The van der Waals surface area contributed by atoms with Gasteiger partial charge in [-0.05, 0) is 63.1 Å². The Kier molecular flexibility index (Phi) is 6.62. The molecule has 0 bridgehead atoms. The molecule has 1 rings (SSSR count). The molecular formula is C12H14BrIN2O2.